The van der Waals surface area contributed by atoms with Crippen LogP contribution in [0.5, 0.6) is 0 Å². The fraction of sp³-hybridized carbons (Fsp3) is 0.391. The number of hydrogen-bond acceptors (Lipinski definition) is 4. The van der Waals surface area contributed by atoms with Crippen LogP contribution in [0.3, 0.4) is 0 Å². The Kier molecular flexibility index (Phi) is 5.73. The summed E-state index contributed by atoms with van der Waals surface area (Å²) >= 11 is 0. The topological polar surface area (TPSA) is 60.7 Å². The van der Waals surface area contributed by atoms with E-state index in [1.165, 1.54) is 5.56 Å². The SMILES string of the molecule is CCc1nnnn1-c1cc(C(=O)CC(C)(C)CC)cc(-c2ccc(C)cc2)c1. The number of tetrazole rings is 1. The first-order valence-corrected chi connectivity index (χ1v) is 9.86. The van der Waals surface area contributed by atoms with Crippen LogP contribution in [0.1, 0.15) is 62.3 Å². The minimum Gasteiger partial charge on any atom is -0.294 e. The average molecular weight is 377 g/mol. The lowest BCUT2D eigenvalue weighted by Gasteiger charge is -2.21. The van der Waals surface area contributed by atoms with Crippen molar-refractivity contribution in [2.75, 3.05) is 0 Å². The smallest absolute Gasteiger partial charge is 0.163 e. The first-order valence-electron chi connectivity index (χ1n) is 9.86. The summed E-state index contributed by atoms with van der Waals surface area (Å²) in [7, 11) is 0. The highest BCUT2D eigenvalue weighted by Crippen LogP contribution is 2.30. The van der Waals surface area contributed by atoms with Crippen LogP contribution in [0, 0.1) is 12.3 Å². The maximum Gasteiger partial charge on any atom is 0.163 e. The molecule has 0 unspecified atom stereocenters. The molecule has 1 heterocycles. The molecule has 0 spiro atoms. The number of aryl methyl sites for hydroxylation is 2. The summed E-state index contributed by atoms with van der Waals surface area (Å²) in [5, 5.41) is 12.0. The maximum absolute atomic E-state index is 13.1. The van der Waals surface area contributed by atoms with Gasteiger partial charge in [-0.2, -0.15) is 4.68 Å². The summed E-state index contributed by atoms with van der Waals surface area (Å²) in [5.74, 6) is 0.918. The average Bonchev–Trinajstić information content (AvgIpc) is 3.17. The van der Waals surface area contributed by atoms with E-state index in [1.54, 1.807) is 4.68 Å². The standard InChI is InChI=1S/C23H28N4O/c1-6-22-24-25-26-27(22)20-13-18(17-10-8-16(3)9-11-17)12-19(14-20)21(28)15-23(4,5)7-2/h8-14H,6-7,15H2,1-5H3. The second-order valence-electron chi connectivity index (χ2n) is 8.11. The lowest BCUT2D eigenvalue weighted by atomic mass is 9.83. The number of Topliss-reactive ketones (excluding diaryl/α,β-unsaturated/α-hetero) is 1. The Bertz CT molecular complexity index is 971. The molecule has 0 saturated carbocycles. The van der Waals surface area contributed by atoms with Crippen molar-refractivity contribution < 1.29 is 4.79 Å². The van der Waals surface area contributed by atoms with E-state index in [0.29, 0.717) is 18.4 Å². The Labute approximate surface area is 166 Å². The van der Waals surface area contributed by atoms with E-state index in [2.05, 4.69) is 67.5 Å². The van der Waals surface area contributed by atoms with Crippen molar-refractivity contribution in [3.8, 4) is 16.8 Å². The zero-order valence-electron chi connectivity index (χ0n) is 17.4. The first kappa shape index (κ1) is 19.9. The maximum atomic E-state index is 13.1. The monoisotopic (exact) mass is 376 g/mol. The summed E-state index contributed by atoms with van der Waals surface area (Å²) < 4.78 is 1.72. The Morgan fingerprint density at radius 1 is 1.04 bits per heavy atom. The van der Waals surface area contributed by atoms with Gasteiger partial charge in [-0.3, -0.25) is 4.79 Å². The van der Waals surface area contributed by atoms with E-state index in [4.69, 9.17) is 0 Å². The van der Waals surface area contributed by atoms with Gasteiger partial charge in [-0.1, -0.05) is 63.9 Å². The van der Waals surface area contributed by atoms with Gasteiger partial charge < -0.3 is 0 Å². The number of rotatable bonds is 7. The molecule has 3 rings (SSSR count). The molecule has 28 heavy (non-hydrogen) atoms. The van der Waals surface area contributed by atoms with Gasteiger partial charge >= 0.3 is 0 Å². The van der Waals surface area contributed by atoms with Crippen molar-refractivity contribution in [1.82, 2.24) is 20.2 Å². The number of aromatic nitrogens is 4. The molecule has 0 aliphatic carbocycles. The van der Waals surface area contributed by atoms with Crippen LogP contribution in [0.15, 0.2) is 42.5 Å². The van der Waals surface area contributed by atoms with Crippen molar-refractivity contribution in [2.24, 2.45) is 5.41 Å². The van der Waals surface area contributed by atoms with Crippen LogP contribution in [0.2, 0.25) is 0 Å². The van der Waals surface area contributed by atoms with Gasteiger partial charge in [-0.05, 0) is 52.1 Å². The fourth-order valence-electron chi connectivity index (χ4n) is 3.10. The van der Waals surface area contributed by atoms with Crippen molar-refractivity contribution in [2.45, 2.75) is 53.9 Å². The molecule has 0 amide bonds. The molecule has 2 aromatic carbocycles. The van der Waals surface area contributed by atoms with Crippen molar-refractivity contribution >= 4 is 5.78 Å². The highest BCUT2D eigenvalue weighted by molar-refractivity contribution is 5.98. The van der Waals surface area contributed by atoms with Crippen LogP contribution in [-0.4, -0.2) is 26.0 Å². The lowest BCUT2D eigenvalue weighted by molar-refractivity contribution is 0.0928. The van der Waals surface area contributed by atoms with Gasteiger partial charge in [0.25, 0.3) is 0 Å². The summed E-state index contributed by atoms with van der Waals surface area (Å²) in [6, 6.07) is 14.3. The number of hydrogen-bond donors (Lipinski definition) is 0. The van der Waals surface area contributed by atoms with Crippen molar-refractivity contribution in [3.63, 3.8) is 0 Å². The van der Waals surface area contributed by atoms with Gasteiger partial charge in [0, 0.05) is 18.4 Å². The van der Waals surface area contributed by atoms with E-state index < -0.39 is 0 Å². The largest absolute Gasteiger partial charge is 0.294 e. The van der Waals surface area contributed by atoms with Crippen LogP contribution in [0.4, 0.5) is 0 Å². The highest BCUT2D eigenvalue weighted by Gasteiger charge is 2.22. The molecule has 3 aromatic rings. The van der Waals surface area contributed by atoms with Crippen LogP contribution < -0.4 is 0 Å². The second-order valence-corrected chi connectivity index (χ2v) is 8.11. The molecule has 0 atom stereocenters. The third-order valence-electron chi connectivity index (χ3n) is 5.32. The number of carbonyl (C=O) groups is 1. The van der Waals surface area contributed by atoms with Crippen molar-refractivity contribution in [3.05, 3.63) is 59.4 Å². The minimum atomic E-state index is -0.0273. The molecular weight excluding hydrogens is 348 g/mol. The molecule has 5 heteroatoms. The van der Waals surface area contributed by atoms with Crippen molar-refractivity contribution in [1.29, 1.82) is 0 Å². The zero-order valence-corrected chi connectivity index (χ0v) is 17.4. The summed E-state index contributed by atoms with van der Waals surface area (Å²) in [4.78, 5) is 13.1. The first-order chi connectivity index (χ1) is 13.3. The molecule has 146 valence electrons. The quantitative estimate of drug-likeness (QED) is 0.531. The fourth-order valence-corrected chi connectivity index (χ4v) is 3.10. The normalized spacial score (nSPS) is 11.6. The molecular formula is C23H28N4O. The summed E-state index contributed by atoms with van der Waals surface area (Å²) in [6.07, 6.45) is 2.18. The Morgan fingerprint density at radius 3 is 2.39 bits per heavy atom. The molecule has 0 N–H and O–H groups in total. The van der Waals surface area contributed by atoms with E-state index in [0.717, 1.165) is 29.1 Å². The molecule has 5 nitrogen and oxygen atoms in total. The summed E-state index contributed by atoms with van der Waals surface area (Å²) in [5.41, 5.74) is 4.76. The van der Waals surface area contributed by atoms with E-state index in [9.17, 15) is 4.79 Å². The Balaban J connectivity index is 2.11. The molecule has 1 aromatic heterocycles. The predicted molar refractivity (Wildman–Crippen MR) is 112 cm³/mol. The van der Waals surface area contributed by atoms with Gasteiger partial charge in [0.1, 0.15) is 0 Å². The predicted octanol–water partition coefficient (Wildman–Crippen LogP) is 5.21. The lowest BCUT2D eigenvalue weighted by Crippen LogP contribution is -2.16. The van der Waals surface area contributed by atoms with E-state index in [-0.39, 0.29) is 11.2 Å². The van der Waals surface area contributed by atoms with Gasteiger partial charge in [-0.15, -0.1) is 5.10 Å². The molecule has 0 bridgehead atoms. The molecule has 0 saturated heterocycles. The van der Waals surface area contributed by atoms with Crippen LogP contribution in [0.25, 0.3) is 16.8 Å². The van der Waals surface area contributed by atoms with Crippen LogP contribution >= 0.6 is 0 Å². The van der Waals surface area contributed by atoms with Crippen LogP contribution in [-0.2, 0) is 6.42 Å². The van der Waals surface area contributed by atoms with E-state index >= 15 is 0 Å². The number of carbonyl (C=O) groups excluding carboxylic acids is 1. The molecule has 0 radical (unpaired) electrons. The van der Waals surface area contributed by atoms with Gasteiger partial charge in [-0.25, -0.2) is 0 Å². The van der Waals surface area contributed by atoms with Gasteiger partial charge in [0.15, 0.2) is 11.6 Å². The second kappa shape index (κ2) is 8.05. The number of ketones is 1. The highest BCUT2D eigenvalue weighted by atomic mass is 16.1. The number of nitrogens with zero attached hydrogens (tertiary/aromatic N) is 4. The zero-order chi connectivity index (χ0) is 20.3. The van der Waals surface area contributed by atoms with Gasteiger partial charge in [0.05, 0.1) is 5.69 Å². The summed E-state index contributed by atoms with van der Waals surface area (Å²) in [6.45, 7) is 10.5. The Morgan fingerprint density at radius 2 is 1.75 bits per heavy atom. The minimum absolute atomic E-state index is 0.0273. The van der Waals surface area contributed by atoms with Gasteiger partial charge in [0.2, 0.25) is 0 Å². The third kappa shape index (κ3) is 4.35. The number of benzene rings is 2. The molecule has 0 aliphatic heterocycles. The molecule has 0 fully saturated rings. The van der Waals surface area contributed by atoms with E-state index in [1.807, 2.05) is 25.1 Å². The third-order valence-corrected chi connectivity index (χ3v) is 5.32. The Hall–Kier alpha value is -2.82. The molecule has 0 aliphatic rings.